The van der Waals surface area contributed by atoms with Crippen molar-refractivity contribution in [3.63, 3.8) is 0 Å². The third kappa shape index (κ3) is 2.86. The number of hydrogen-bond donors (Lipinski definition) is 1. The maximum Gasteiger partial charge on any atom is 0.127 e. The van der Waals surface area contributed by atoms with Crippen LogP contribution in [0.15, 0.2) is 30.3 Å². The molecule has 1 unspecified atom stereocenters. The summed E-state index contributed by atoms with van der Waals surface area (Å²) in [6.07, 6.45) is 0.883. The molecule has 0 spiro atoms. The van der Waals surface area contributed by atoms with Crippen LogP contribution in [0.25, 0.3) is 0 Å². The molecule has 1 N–H and O–H groups in total. The normalized spacial score (nSPS) is 14.7. The largest absolute Gasteiger partial charge is 0.493 e. The van der Waals surface area contributed by atoms with Crippen molar-refractivity contribution < 1.29 is 4.74 Å². The van der Waals surface area contributed by atoms with Crippen molar-refractivity contribution in [2.75, 3.05) is 13.7 Å². The van der Waals surface area contributed by atoms with E-state index in [1.54, 1.807) is 6.07 Å². The Morgan fingerprint density at radius 1 is 1.05 bits per heavy atom. The zero-order valence-corrected chi connectivity index (χ0v) is 13.7. The van der Waals surface area contributed by atoms with E-state index >= 15 is 0 Å². The molecule has 1 heterocycles. The van der Waals surface area contributed by atoms with Gasteiger partial charge in [-0.05, 0) is 42.4 Å². The minimum atomic E-state index is -0.0969. The summed E-state index contributed by atoms with van der Waals surface area (Å²) >= 11 is 18.6. The van der Waals surface area contributed by atoms with Gasteiger partial charge in [0.2, 0.25) is 0 Å². The molecule has 0 saturated carbocycles. The van der Waals surface area contributed by atoms with Gasteiger partial charge in [-0.25, -0.2) is 0 Å². The lowest BCUT2D eigenvalue weighted by Gasteiger charge is -2.21. The molecule has 1 aliphatic rings. The number of nitrogens with one attached hydrogen (secondary N) is 1. The van der Waals surface area contributed by atoms with E-state index in [4.69, 9.17) is 39.5 Å². The number of ether oxygens (including phenoxy) is 1. The van der Waals surface area contributed by atoms with Gasteiger partial charge in [0.05, 0.1) is 12.6 Å². The monoisotopic (exact) mass is 341 g/mol. The van der Waals surface area contributed by atoms with Gasteiger partial charge in [-0.3, -0.25) is 0 Å². The van der Waals surface area contributed by atoms with Gasteiger partial charge in [0.25, 0.3) is 0 Å². The smallest absolute Gasteiger partial charge is 0.127 e. The molecule has 3 rings (SSSR count). The van der Waals surface area contributed by atoms with Gasteiger partial charge in [-0.2, -0.15) is 0 Å². The second kappa shape index (κ2) is 6.05. The fourth-order valence-corrected chi connectivity index (χ4v) is 3.49. The fourth-order valence-electron chi connectivity index (χ4n) is 2.73. The molecule has 110 valence electrons. The zero-order chi connectivity index (χ0) is 15.0. The third-order valence-electron chi connectivity index (χ3n) is 3.65. The SMILES string of the molecule is CNC(c1ccc(Cl)cc1Cl)c1cc(Cl)cc2c1OCC2. The Kier molecular flexibility index (Phi) is 4.32. The summed E-state index contributed by atoms with van der Waals surface area (Å²) in [4.78, 5) is 0. The molecular weight excluding hydrogens is 329 g/mol. The van der Waals surface area contributed by atoms with Crippen LogP contribution in [0.5, 0.6) is 5.75 Å². The average molecular weight is 343 g/mol. The van der Waals surface area contributed by atoms with Crippen LogP contribution in [0, 0.1) is 0 Å². The Hall–Kier alpha value is -0.930. The van der Waals surface area contributed by atoms with Crippen LogP contribution < -0.4 is 10.1 Å². The minimum absolute atomic E-state index is 0.0969. The maximum absolute atomic E-state index is 6.35. The van der Waals surface area contributed by atoms with Crippen molar-refractivity contribution in [3.8, 4) is 5.75 Å². The highest BCUT2D eigenvalue weighted by atomic mass is 35.5. The van der Waals surface area contributed by atoms with Crippen molar-refractivity contribution in [1.82, 2.24) is 5.32 Å². The number of benzene rings is 2. The number of rotatable bonds is 3. The van der Waals surface area contributed by atoms with E-state index in [2.05, 4.69) is 5.32 Å². The van der Waals surface area contributed by atoms with Gasteiger partial charge in [0.15, 0.2) is 0 Å². The molecule has 0 fully saturated rings. The molecule has 5 heteroatoms. The second-order valence-electron chi connectivity index (χ2n) is 4.97. The first-order valence-corrected chi connectivity index (χ1v) is 7.81. The second-order valence-corrected chi connectivity index (χ2v) is 6.25. The molecule has 1 aliphatic heterocycles. The van der Waals surface area contributed by atoms with Crippen LogP contribution in [0.2, 0.25) is 15.1 Å². The maximum atomic E-state index is 6.35. The predicted octanol–water partition coefficient (Wildman–Crippen LogP) is 4.89. The lowest BCUT2D eigenvalue weighted by atomic mass is 9.96. The topological polar surface area (TPSA) is 21.3 Å². The first kappa shape index (κ1) is 15.0. The quantitative estimate of drug-likeness (QED) is 0.857. The predicted molar refractivity (Wildman–Crippen MR) is 88.0 cm³/mol. The van der Waals surface area contributed by atoms with Crippen molar-refractivity contribution in [1.29, 1.82) is 0 Å². The molecule has 0 radical (unpaired) electrons. The molecule has 2 nitrogen and oxygen atoms in total. The van der Waals surface area contributed by atoms with E-state index in [1.807, 2.05) is 31.3 Å². The summed E-state index contributed by atoms with van der Waals surface area (Å²) in [7, 11) is 1.89. The van der Waals surface area contributed by atoms with Gasteiger partial charge in [0.1, 0.15) is 5.75 Å². The molecular formula is C16H14Cl3NO. The fraction of sp³-hybridized carbons (Fsp3) is 0.250. The van der Waals surface area contributed by atoms with Gasteiger partial charge in [-0.15, -0.1) is 0 Å². The first-order valence-electron chi connectivity index (χ1n) is 6.67. The summed E-state index contributed by atoms with van der Waals surface area (Å²) in [5.41, 5.74) is 3.09. The van der Waals surface area contributed by atoms with E-state index in [9.17, 15) is 0 Å². The molecule has 1 atom stereocenters. The molecule has 2 aromatic rings. The summed E-state index contributed by atoms with van der Waals surface area (Å²) < 4.78 is 5.78. The zero-order valence-electron chi connectivity index (χ0n) is 11.4. The highest BCUT2D eigenvalue weighted by Crippen LogP contribution is 2.40. The highest BCUT2D eigenvalue weighted by Gasteiger charge is 2.25. The lowest BCUT2D eigenvalue weighted by molar-refractivity contribution is 0.351. The van der Waals surface area contributed by atoms with Gasteiger partial charge in [0, 0.05) is 27.1 Å². The Balaban J connectivity index is 2.13. The molecule has 0 amide bonds. The number of halogens is 3. The van der Waals surface area contributed by atoms with E-state index in [0.29, 0.717) is 21.7 Å². The standard InChI is InChI=1S/C16H14Cl3NO/c1-20-15(12-3-2-10(17)8-14(12)19)13-7-11(18)6-9-4-5-21-16(9)13/h2-3,6-8,15,20H,4-5H2,1H3. The van der Waals surface area contributed by atoms with E-state index in [-0.39, 0.29) is 6.04 Å². The Bertz CT molecular complexity index is 687. The van der Waals surface area contributed by atoms with Crippen LogP contribution in [0.1, 0.15) is 22.7 Å². The highest BCUT2D eigenvalue weighted by molar-refractivity contribution is 6.35. The van der Waals surface area contributed by atoms with Crippen LogP contribution >= 0.6 is 34.8 Å². The van der Waals surface area contributed by atoms with E-state index in [1.165, 1.54) is 0 Å². The number of hydrogen-bond acceptors (Lipinski definition) is 2. The van der Waals surface area contributed by atoms with Gasteiger partial charge < -0.3 is 10.1 Å². The average Bonchev–Trinajstić information content (AvgIpc) is 2.89. The van der Waals surface area contributed by atoms with Gasteiger partial charge >= 0.3 is 0 Å². The minimum Gasteiger partial charge on any atom is -0.493 e. The van der Waals surface area contributed by atoms with Crippen LogP contribution in [-0.4, -0.2) is 13.7 Å². The van der Waals surface area contributed by atoms with Crippen LogP contribution in [0.3, 0.4) is 0 Å². The molecule has 0 aromatic heterocycles. The van der Waals surface area contributed by atoms with E-state index in [0.717, 1.165) is 28.9 Å². The summed E-state index contributed by atoms with van der Waals surface area (Å²) in [6, 6.07) is 9.29. The molecule has 0 bridgehead atoms. The Morgan fingerprint density at radius 3 is 2.57 bits per heavy atom. The van der Waals surface area contributed by atoms with Crippen LogP contribution in [0.4, 0.5) is 0 Å². The molecule has 0 saturated heterocycles. The van der Waals surface area contributed by atoms with E-state index < -0.39 is 0 Å². The Morgan fingerprint density at radius 2 is 1.86 bits per heavy atom. The number of fused-ring (bicyclic) bond motifs is 1. The molecule has 21 heavy (non-hydrogen) atoms. The lowest BCUT2D eigenvalue weighted by Crippen LogP contribution is -2.19. The van der Waals surface area contributed by atoms with Crippen molar-refractivity contribution in [2.45, 2.75) is 12.5 Å². The van der Waals surface area contributed by atoms with Crippen molar-refractivity contribution in [2.24, 2.45) is 0 Å². The Labute approximate surface area is 139 Å². The first-order chi connectivity index (χ1) is 10.1. The summed E-state index contributed by atoms with van der Waals surface area (Å²) in [6.45, 7) is 0.688. The van der Waals surface area contributed by atoms with Crippen molar-refractivity contribution in [3.05, 3.63) is 62.1 Å². The molecule has 0 aliphatic carbocycles. The van der Waals surface area contributed by atoms with Crippen LogP contribution in [-0.2, 0) is 6.42 Å². The summed E-state index contributed by atoms with van der Waals surface area (Å²) in [5.74, 6) is 0.907. The third-order valence-corrected chi connectivity index (χ3v) is 4.43. The summed E-state index contributed by atoms with van der Waals surface area (Å²) in [5, 5.41) is 5.23. The molecule has 2 aromatic carbocycles. The van der Waals surface area contributed by atoms with Crippen molar-refractivity contribution >= 4 is 34.8 Å². The van der Waals surface area contributed by atoms with Gasteiger partial charge in [-0.1, -0.05) is 40.9 Å².